The summed E-state index contributed by atoms with van der Waals surface area (Å²) in [7, 11) is -10.5. The molecule has 0 atom stereocenters. The molecule has 68 heavy (non-hydrogen) atoms. The van der Waals surface area contributed by atoms with Crippen LogP contribution in [0.15, 0.2) is 126 Å². The van der Waals surface area contributed by atoms with Crippen molar-refractivity contribution in [2.24, 2.45) is 11.8 Å². The minimum atomic E-state index is -5.35. The van der Waals surface area contributed by atoms with Gasteiger partial charge in [-0.15, -0.1) is 0 Å². The molecule has 5 aromatic rings. The summed E-state index contributed by atoms with van der Waals surface area (Å²) in [5.74, 6) is -2.49. The van der Waals surface area contributed by atoms with Crippen molar-refractivity contribution in [3.8, 4) is 5.75 Å². The Morgan fingerprint density at radius 2 is 1.04 bits per heavy atom. The lowest BCUT2D eigenvalue weighted by atomic mass is 9.97. The van der Waals surface area contributed by atoms with Gasteiger partial charge in [-0.05, 0) is 75.2 Å². The van der Waals surface area contributed by atoms with Gasteiger partial charge in [0, 0.05) is 36.1 Å². The van der Waals surface area contributed by atoms with Gasteiger partial charge in [0.15, 0.2) is 0 Å². The molecule has 3 aromatic carbocycles. The molecule has 2 aliphatic heterocycles. The Bertz CT molecular complexity index is 2570. The number of carbonyl (C=O) groups excluding carboxylic acids is 2. The molecule has 368 valence electrons. The first-order valence-electron chi connectivity index (χ1n) is 20.1. The summed E-state index contributed by atoms with van der Waals surface area (Å²) in [6.07, 6.45) is -1.91. The lowest BCUT2D eigenvalue weighted by Crippen LogP contribution is -2.47. The molecular weight excluding hydrogens is 957 g/mol. The highest BCUT2D eigenvalue weighted by Gasteiger charge is 2.55. The van der Waals surface area contributed by atoms with Crippen LogP contribution in [0.2, 0.25) is 0 Å². The zero-order valence-corrected chi connectivity index (χ0v) is 36.5. The van der Waals surface area contributed by atoms with Gasteiger partial charge in [-0.3, -0.25) is 5.32 Å². The smallest absolute Gasteiger partial charge is 0.410 e. The van der Waals surface area contributed by atoms with Gasteiger partial charge in [0.1, 0.15) is 5.75 Å². The Kier molecular flexibility index (Phi) is 19.2. The molecule has 2 fully saturated rings. The van der Waals surface area contributed by atoms with Gasteiger partial charge in [0.25, 0.3) is 12.9 Å². The van der Waals surface area contributed by atoms with Crippen LogP contribution >= 0.6 is 0 Å². The number of para-hydroxylation sites is 1. The van der Waals surface area contributed by atoms with Gasteiger partial charge >= 0.3 is 22.6 Å². The van der Waals surface area contributed by atoms with E-state index in [1.54, 1.807) is 30.3 Å². The number of benzene rings is 3. The second-order valence-corrected chi connectivity index (χ2v) is 18.6. The molecule has 25 heteroatoms. The standard InChI is InChI=1S/C18H18F4N4O3S.C13H15F4NO2S.C11H9N3O2.CH4/c19-16(20)14-3-1-2-4-15(14)30(28,29)18(21,22)12-6-9-26(10-7-12)17(27)25-13-5-8-23-24-11-13;14-12(15)10-3-1-2-4-11(10)21(19,20)13(16,17)9-5-7-18-8-6-9;15-11(14-9-6-7-12-13-8-9)16-10-4-2-1-3-5-10;/h1-5,8,11-12,16H,6-7,9-10H2,(H,23,25,27);1-4,9,12,18H,5-8H2;1-8H,(H,12,14,15);1H4. The van der Waals surface area contributed by atoms with Crippen molar-refractivity contribution in [3.05, 3.63) is 127 Å². The maximum absolute atomic E-state index is 14.9. The third-order valence-corrected chi connectivity index (χ3v) is 14.3. The Balaban J connectivity index is 0.000000232. The fourth-order valence-corrected chi connectivity index (χ4v) is 10.2. The average Bonchev–Trinajstić information content (AvgIpc) is 3.33. The predicted molar refractivity (Wildman–Crippen MR) is 233 cm³/mol. The maximum atomic E-state index is 14.9. The van der Waals surface area contributed by atoms with E-state index in [1.807, 2.05) is 6.07 Å². The van der Waals surface area contributed by atoms with E-state index in [-0.39, 0.29) is 59.3 Å². The molecular formula is C43H46F8N8O7S2. The Morgan fingerprint density at radius 1 is 0.618 bits per heavy atom. The van der Waals surface area contributed by atoms with Crippen LogP contribution in [-0.4, -0.2) is 90.9 Å². The fourth-order valence-electron chi connectivity index (χ4n) is 6.79. The van der Waals surface area contributed by atoms with Crippen LogP contribution in [0.3, 0.4) is 0 Å². The summed E-state index contributed by atoms with van der Waals surface area (Å²) in [5.41, 5.74) is -0.935. The van der Waals surface area contributed by atoms with Crippen molar-refractivity contribution in [2.45, 2.75) is 66.3 Å². The molecule has 3 amide bonds. The van der Waals surface area contributed by atoms with Gasteiger partial charge in [-0.1, -0.05) is 62.0 Å². The van der Waals surface area contributed by atoms with E-state index < -0.39 is 87.9 Å². The first kappa shape index (κ1) is 54.3. The first-order chi connectivity index (χ1) is 31.8. The lowest BCUT2D eigenvalue weighted by Gasteiger charge is -2.35. The molecule has 15 nitrogen and oxygen atoms in total. The number of alkyl halides is 8. The molecule has 0 bridgehead atoms. The van der Waals surface area contributed by atoms with Gasteiger partial charge in [-0.25, -0.2) is 44.0 Å². The lowest BCUT2D eigenvalue weighted by molar-refractivity contribution is 0.000235. The number of carbonyl (C=O) groups is 2. The number of nitrogens with one attached hydrogen (secondary N) is 3. The summed E-state index contributed by atoms with van der Waals surface area (Å²) in [6.45, 7) is 0.339. The van der Waals surface area contributed by atoms with E-state index in [0.29, 0.717) is 17.1 Å². The first-order valence-corrected chi connectivity index (χ1v) is 23.1. The number of urea groups is 1. The van der Waals surface area contributed by atoms with Gasteiger partial charge in [-0.2, -0.15) is 38.0 Å². The minimum absolute atomic E-state index is 0. The molecule has 2 aliphatic rings. The summed E-state index contributed by atoms with van der Waals surface area (Å²) >= 11 is 0. The molecule has 2 saturated heterocycles. The zero-order chi connectivity index (χ0) is 48.8. The molecule has 3 N–H and O–H groups in total. The fraction of sp³-hybridized carbons (Fsp3) is 0.349. The van der Waals surface area contributed by atoms with Crippen LogP contribution in [0.1, 0.15) is 57.1 Å². The summed E-state index contributed by atoms with van der Waals surface area (Å²) in [6, 6.07) is 19.3. The van der Waals surface area contributed by atoms with Crippen molar-refractivity contribution in [3.63, 3.8) is 0 Å². The Hall–Kier alpha value is -6.34. The molecule has 4 heterocycles. The minimum Gasteiger partial charge on any atom is -0.410 e. The average molecular weight is 1000 g/mol. The number of anilines is 2. The number of sulfone groups is 2. The number of likely N-dealkylation sites (tertiary alicyclic amines) is 1. The van der Waals surface area contributed by atoms with Crippen LogP contribution in [0, 0.1) is 11.8 Å². The number of hydrogen-bond donors (Lipinski definition) is 3. The topological polar surface area (TPSA) is 203 Å². The van der Waals surface area contributed by atoms with E-state index in [4.69, 9.17) is 4.74 Å². The number of amides is 3. The molecule has 0 unspecified atom stereocenters. The number of halogens is 8. The highest BCUT2D eigenvalue weighted by Crippen LogP contribution is 2.44. The molecule has 2 aromatic heterocycles. The van der Waals surface area contributed by atoms with E-state index >= 15 is 0 Å². The number of aromatic nitrogens is 4. The SMILES string of the molecule is C.O=C(Nc1ccnnc1)N1CCC(C(F)(F)S(=O)(=O)c2ccccc2C(F)F)CC1.O=C(Nc1ccnnc1)Oc1ccccc1.O=S(=O)(c1ccccc1C(F)F)C(F)(F)C1CCNCC1. The monoisotopic (exact) mass is 1000 g/mol. The second kappa shape index (κ2) is 24.1. The maximum Gasteiger partial charge on any atom is 0.417 e. The number of piperidine rings is 2. The summed E-state index contributed by atoms with van der Waals surface area (Å²) < 4.78 is 165. The Labute approximate surface area is 386 Å². The quantitative estimate of drug-likeness (QED) is 0.106. The molecule has 0 saturated carbocycles. The highest BCUT2D eigenvalue weighted by atomic mass is 32.2. The number of nitrogens with zero attached hydrogens (tertiary/aromatic N) is 5. The van der Waals surface area contributed by atoms with E-state index in [0.717, 1.165) is 42.5 Å². The van der Waals surface area contributed by atoms with Gasteiger partial charge in [0.05, 0.1) is 46.0 Å². The van der Waals surface area contributed by atoms with Gasteiger partial charge in [0.2, 0.25) is 19.7 Å². The van der Waals surface area contributed by atoms with E-state index in [1.165, 1.54) is 41.8 Å². The summed E-state index contributed by atoms with van der Waals surface area (Å²) in [4.78, 5) is 22.9. The zero-order valence-electron chi connectivity index (χ0n) is 34.9. The third kappa shape index (κ3) is 13.4. The number of hydrogen-bond acceptors (Lipinski definition) is 12. The van der Waals surface area contributed by atoms with E-state index in [9.17, 15) is 61.5 Å². The molecule has 7 rings (SSSR count). The van der Waals surface area contributed by atoms with Crippen molar-refractivity contribution in [1.29, 1.82) is 0 Å². The van der Waals surface area contributed by atoms with Crippen LogP contribution in [0.4, 0.5) is 56.1 Å². The Morgan fingerprint density at radius 3 is 1.49 bits per heavy atom. The molecule has 0 radical (unpaired) electrons. The van der Waals surface area contributed by atoms with Crippen molar-refractivity contribution in [2.75, 3.05) is 36.8 Å². The van der Waals surface area contributed by atoms with Crippen molar-refractivity contribution in [1.82, 2.24) is 30.6 Å². The van der Waals surface area contributed by atoms with Crippen LogP contribution < -0.4 is 20.7 Å². The normalized spacial score (nSPS) is 14.9. The van der Waals surface area contributed by atoms with E-state index in [2.05, 4.69) is 36.3 Å². The number of ether oxygens (including phenoxy) is 1. The predicted octanol–water partition coefficient (Wildman–Crippen LogP) is 9.44. The van der Waals surface area contributed by atoms with Crippen molar-refractivity contribution < 1.29 is 66.3 Å². The summed E-state index contributed by atoms with van der Waals surface area (Å²) in [5, 5.41) is 14.0. The molecule has 0 aliphatic carbocycles. The van der Waals surface area contributed by atoms with Gasteiger partial charge < -0.3 is 20.3 Å². The van der Waals surface area contributed by atoms with Crippen LogP contribution in [0.25, 0.3) is 0 Å². The number of rotatable bonds is 11. The second-order valence-electron chi connectivity index (χ2n) is 14.6. The van der Waals surface area contributed by atoms with Crippen LogP contribution in [-0.2, 0) is 19.7 Å². The molecule has 0 spiro atoms. The van der Waals surface area contributed by atoms with Crippen LogP contribution in [0.5, 0.6) is 5.75 Å². The van der Waals surface area contributed by atoms with Crippen molar-refractivity contribution >= 4 is 43.2 Å². The largest absolute Gasteiger partial charge is 0.417 e. The third-order valence-electron chi connectivity index (χ3n) is 10.3. The highest BCUT2D eigenvalue weighted by molar-refractivity contribution is 7.92.